The Hall–Kier alpha value is -0.0800. The van der Waals surface area contributed by atoms with Gasteiger partial charge in [0.1, 0.15) is 0 Å². The van der Waals surface area contributed by atoms with E-state index >= 15 is 0 Å². The smallest absolute Gasteiger partial charge is 0.0221 e. The third-order valence-corrected chi connectivity index (χ3v) is 5.58. The van der Waals surface area contributed by atoms with Crippen LogP contribution in [0, 0.1) is 17.8 Å². The van der Waals surface area contributed by atoms with Gasteiger partial charge in [-0.1, -0.05) is 34.6 Å². The highest BCUT2D eigenvalue weighted by molar-refractivity contribution is 4.93. The average Bonchev–Trinajstić information content (AvgIpc) is 2.38. The molecule has 1 aliphatic heterocycles. The monoisotopic (exact) mass is 266 g/mol. The molecule has 0 bridgehead atoms. The van der Waals surface area contributed by atoms with Gasteiger partial charge in [-0.2, -0.15) is 0 Å². The van der Waals surface area contributed by atoms with Crippen LogP contribution in [0.5, 0.6) is 0 Å². The van der Waals surface area contributed by atoms with E-state index in [0.717, 1.165) is 29.8 Å². The third kappa shape index (κ3) is 3.52. The summed E-state index contributed by atoms with van der Waals surface area (Å²) in [6.45, 7) is 14.4. The fourth-order valence-electron chi connectivity index (χ4n) is 4.22. The molecular weight excluding hydrogens is 232 g/mol. The van der Waals surface area contributed by atoms with E-state index in [-0.39, 0.29) is 0 Å². The number of hydrogen-bond acceptors (Lipinski definition) is 2. The Morgan fingerprint density at radius 2 is 1.95 bits per heavy atom. The first kappa shape index (κ1) is 15.3. The number of hydrogen-bond donors (Lipinski definition) is 1. The molecule has 0 spiro atoms. The summed E-state index contributed by atoms with van der Waals surface area (Å²) in [5, 5.41) is 3.77. The molecule has 0 aromatic carbocycles. The summed E-state index contributed by atoms with van der Waals surface area (Å²) in [4.78, 5) is 2.87. The van der Waals surface area contributed by atoms with Crippen molar-refractivity contribution in [2.45, 2.75) is 78.4 Å². The second-order valence-electron chi connectivity index (χ2n) is 7.48. The quantitative estimate of drug-likeness (QED) is 0.841. The van der Waals surface area contributed by atoms with Crippen molar-refractivity contribution in [3.8, 4) is 0 Å². The molecule has 0 aromatic heterocycles. The van der Waals surface area contributed by atoms with Gasteiger partial charge in [0.15, 0.2) is 0 Å². The fraction of sp³-hybridized carbons (Fsp3) is 1.00. The Balaban J connectivity index is 2.05. The molecule has 1 heterocycles. The van der Waals surface area contributed by atoms with E-state index in [9.17, 15) is 0 Å². The van der Waals surface area contributed by atoms with Gasteiger partial charge in [-0.05, 0) is 43.4 Å². The minimum Gasteiger partial charge on any atom is -0.311 e. The van der Waals surface area contributed by atoms with Crippen molar-refractivity contribution in [2.24, 2.45) is 17.8 Å². The van der Waals surface area contributed by atoms with Gasteiger partial charge in [0.05, 0.1) is 0 Å². The van der Waals surface area contributed by atoms with Crippen LogP contribution in [0.25, 0.3) is 0 Å². The topological polar surface area (TPSA) is 15.3 Å². The van der Waals surface area contributed by atoms with Crippen LogP contribution >= 0.6 is 0 Å². The van der Waals surface area contributed by atoms with Crippen LogP contribution in [0.3, 0.4) is 0 Å². The zero-order chi connectivity index (χ0) is 14.0. The standard InChI is InChI=1S/C17H34N2/c1-6-15-10-18-16(12(2)3)11-19(15)17-8-7-13(4)9-14(17)5/h12-18H,6-11H2,1-5H3. The second kappa shape index (κ2) is 6.58. The van der Waals surface area contributed by atoms with E-state index in [0.29, 0.717) is 6.04 Å². The van der Waals surface area contributed by atoms with Gasteiger partial charge in [-0.3, -0.25) is 4.90 Å². The molecular formula is C17H34N2. The Bertz CT molecular complexity index is 276. The maximum atomic E-state index is 3.77. The van der Waals surface area contributed by atoms with E-state index in [1.807, 2.05) is 0 Å². The normalized spacial score (nSPS) is 41.7. The molecule has 1 N–H and O–H groups in total. The minimum atomic E-state index is 0.689. The van der Waals surface area contributed by atoms with Crippen LogP contribution < -0.4 is 5.32 Å². The highest BCUT2D eigenvalue weighted by atomic mass is 15.3. The molecule has 2 nitrogen and oxygen atoms in total. The highest BCUT2D eigenvalue weighted by Gasteiger charge is 2.37. The van der Waals surface area contributed by atoms with Gasteiger partial charge in [-0.25, -0.2) is 0 Å². The van der Waals surface area contributed by atoms with Crippen LogP contribution in [0.15, 0.2) is 0 Å². The summed E-state index contributed by atoms with van der Waals surface area (Å²) in [5.74, 6) is 2.57. The lowest BCUT2D eigenvalue weighted by Crippen LogP contribution is -2.62. The van der Waals surface area contributed by atoms with E-state index in [1.54, 1.807) is 0 Å². The lowest BCUT2D eigenvalue weighted by Gasteiger charge is -2.49. The molecule has 5 atom stereocenters. The molecule has 0 amide bonds. The molecule has 0 aromatic rings. The Morgan fingerprint density at radius 1 is 1.21 bits per heavy atom. The second-order valence-corrected chi connectivity index (χ2v) is 7.48. The van der Waals surface area contributed by atoms with Crippen molar-refractivity contribution in [2.75, 3.05) is 13.1 Å². The highest BCUT2D eigenvalue weighted by Crippen LogP contribution is 2.34. The number of nitrogens with one attached hydrogen (secondary N) is 1. The molecule has 19 heavy (non-hydrogen) atoms. The molecule has 2 fully saturated rings. The van der Waals surface area contributed by atoms with Gasteiger partial charge in [0, 0.05) is 31.2 Å². The van der Waals surface area contributed by atoms with Crippen molar-refractivity contribution < 1.29 is 0 Å². The fourth-order valence-corrected chi connectivity index (χ4v) is 4.22. The van der Waals surface area contributed by atoms with E-state index < -0.39 is 0 Å². The molecule has 1 aliphatic carbocycles. The first-order valence-corrected chi connectivity index (χ1v) is 8.52. The van der Waals surface area contributed by atoms with Crippen LogP contribution in [-0.4, -0.2) is 36.1 Å². The Morgan fingerprint density at radius 3 is 2.53 bits per heavy atom. The summed E-state index contributed by atoms with van der Waals surface area (Å²) in [6.07, 6.45) is 5.57. The van der Waals surface area contributed by atoms with E-state index in [4.69, 9.17) is 0 Å². The third-order valence-electron chi connectivity index (χ3n) is 5.58. The number of nitrogens with zero attached hydrogens (tertiary/aromatic N) is 1. The van der Waals surface area contributed by atoms with Gasteiger partial charge in [0.2, 0.25) is 0 Å². The lowest BCUT2D eigenvalue weighted by atomic mass is 9.78. The molecule has 5 unspecified atom stereocenters. The summed E-state index contributed by atoms with van der Waals surface area (Å²) >= 11 is 0. The minimum absolute atomic E-state index is 0.689. The van der Waals surface area contributed by atoms with Crippen molar-refractivity contribution >= 4 is 0 Å². The van der Waals surface area contributed by atoms with E-state index in [1.165, 1.54) is 38.8 Å². The molecule has 1 saturated carbocycles. The maximum Gasteiger partial charge on any atom is 0.0221 e. The Kier molecular flexibility index (Phi) is 5.30. The molecule has 112 valence electrons. The van der Waals surface area contributed by atoms with Crippen molar-refractivity contribution in [1.82, 2.24) is 10.2 Å². The Labute approximate surface area is 120 Å². The zero-order valence-corrected chi connectivity index (χ0v) is 13.7. The van der Waals surface area contributed by atoms with Gasteiger partial charge in [0.25, 0.3) is 0 Å². The summed E-state index contributed by atoms with van der Waals surface area (Å²) in [5.41, 5.74) is 0. The molecule has 2 rings (SSSR count). The predicted octanol–water partition coefficient (Wildman–Crippen LogP) is 3.52. The first-order valence-electron chi connectivity index (χ1n) is 8.52. The van der Waals surface area contributed by atoms with Gasteiger partial charge >= 0.3 is 0 Å². The molecule has 1 saturated heterocycles. The van der Waals surface area contributed by atoms with Crippen LogP contribution in [0.2, 0.25) is 0 Å². The predicted molar refractivity (Wildman–Crippen MR) is 83.4 cm³/mol. The SMILES string of the molecule is CCC1CNC(C(C)C)CN1C1CCC(C)CC1C. The molecule has 2 heteroatoms. The van der Waals surface area contributed by atoms with Crippen molar-refractivity contribution in [3.05, 3.63) is 0 Å². The number of piperazine rings is 1. The summed E-state index contributed by atoms with van der Waals surface area (Å²) < 4.78 is 0. The number of rotatable bonds is 3. The van der Waals surface area contributed by atoms with Gasteiger partial charge < -0.3 is 5.32 Å². The molecule has 2 aliphatic rings. The average molecular weight is 266 g/mol. The first-order chi connectivity index (χ1) is 9.02. The lowest BCUT2D eigenvalue weighted by molar-refractivity contribution is 0.0173. The zero-order valence-electron chi connectivity index (χ0n) is 13.7. The van der Waals surface area contributed by atoms with E-state index in [2.05, 4.69) is 44.8 Å². The van der Waals surface area contributed by atoms with Crippen LogP contribution in [0.4, 0.5) is 0 Å². The largest absolute Gasteiger partial charge is 0.311 e. The van der Waals surface area contributed by atoms with Crippen molar-refractivity contribution in [3.63, 3.8) is 0 Å². The molecule has 0 radical (unpaired) electrons. The summed E-state index contributed by atoms with van der Waals surface area (Å²) in [6, 6.07) is 2.29. The van der Waals surface area contributed by atoms with Crippen LogP contribution in [-0.2, 0) is 0 Å². The van der Waals surface area contributed by atoms with Crippen LogP contribution in [0.1, 0.15) is 60.3 Å². The van der Waals surface area contributed by atoms with Crippen molar-refractivity contribution in [1.29, 1.82) is 0 Å². The summed E-state index contributed by atoms with van der Waals surface area (Å²) in [7, 11) is 0. The maximum absolute atomic E-state index is 3.77. The van der Waals surface area contributed by atoms with Gasteiger partial charge in [-0.15, -0.1) is 0 Å².